The highest BCUT2D eigenvalue weighted by molar-refractivity contribution is 6.07. The number of carbonyl (C=O) groups excluding carboxylic acids is 2. The predicted octanol–water partition coefficient (Wildman–Crippen LogP) is 4.60. The number of esters is 1. The summed E-state index contributed by atoms with van der Waals surface area (Å²) in [4.78, 5) is 28.9. The minimum Gasteiger partial charge on any atom is -0.493 e. The molecule has 0 saturated carbocycles. The largest absolute Gasteiger partial charge is 0.493 e. The first-order chi connectivity index (χ1) is 16.0. The number of aromatic nitrogens is 1. The lowest BCUT2D eigenvalue weighted by molar-refractivity contribution is -0.132. The van der Waals surface area contributed by atoms with E-state index in [0.29, 0.717) is 28.3 Å². The molecule has 1 amide bonds. The maximum absolute atomic E-state index is 13.0. The number of hydrazone groups is 1. The Morgan fingerprint density at radius 3 is 2.45 bits per heavy atom. The smallest absolute Gasteiger partial charge is 0.308 e. The fourth-order valence-electron chi connectivity index (χ4n) is 3.35. The summed E-state index contributed by atoms with van der Waals surface area (Å²) in [5, 5.41) is 4.82. The monoisotopic (exact) mass is 439 g/mol. The lowest BCUT2D eigenvalue weighted by Gasteiger charge is -2.09. The zero-order valence-electron chi connectivity index (χ0n) is 18.1. The molecule has 0 bridgehead atoms. The molecule has 0 spiro atoms. The van der Waals surface area contributed by atoms with Crippen LogP contribution in [0.2, 0.25) is 0 Å². The highest BCUT2D eigenvalue weighted by Gasteiger charge is 2.13. The average molecular weight is 439 g/mol. The third-order valence-corrected chi connectivity index (χ3v) is 4.85. The molecule has 0 atom stereocenters. The molecule has 0 fully saturated rings. The number of hydrogen-bond donors (Lipinski definition) is 1. The maximum atomic E-state index is 13.0. The number of methoxy groups -OCH3 is 1. The van der Waals surface area contributed by atoms with Gasteiger partial charge in [-0.2, -0.15) is 5.10 Å². The van der Waals surface area contributed by atoms with Crippen LogP contribution in [0.3, 0.4) is 0 Å². The van der Waals surface area contributed by atoms with Gasteiger partial charge >= 0.3 is 5.97 Å². The Labute approximate surface area is 190 Å². The molecular weight excluding hydrogens is 418 g/mol. The van der Waals surface area contributed by atoms with Crippen LogP contribution in [0.1, 0.15) is 22.8 Å². The summed E-state index contributed by atoms with van der Waals surface area (Å²) in [5.74, 6) is -0.108. The summed E-state index contributed by atoms with van der Waals surface area (Å²) < 4.78 is 10.4. The molecule has 7 nitrogen and oxygen atoms in total. The molecule has 3 aromatic carbocycles. The first-order valence-corrected chi connectivity index (χ1v) is 10.2. The molecule has 7 heteroatoms. The topological polar surface area (TPSA) is 89.9 Å². The van der Waals surface area contributed by atoms with Crippen molar-refractivity contribution in [1.82, 2.24) is 10.4 Å². The van der Waals surface area contributed by atoms with Gasteiger partial charge < -0.3 is 9.47 Å². The number of carbonyl (C=O) groups is 2. The Morgan fingerprint density at radius 2 is 1.70 bits per heavy atom. The third kappa shape index (κ3) is 5.04. The summed E-state index contributed by atoms with van der Waals surface area (Å²) in [6, 6.07) is 23.9. The van der Waals surface area contributed by atoms with Crippen molar-refractivity contribution in [3.05, 3.63) is 90.0 Å². The molecule has 4 aromatic rings. The van der Waals surface area contributed by atoms with Crippen LogP contribution in [0.4, 0.5) is 0 Å². The molecule has 1 heterocycles. The second kappa shape index (κ2) is 9.74. The van der Waals surface area contributed by atoms with E-state index in [-0.39, 0.29) is 5.91 Å². The van der Waals surface area contributed by atoms with Crippen molar-refractivity contribution >= 4 is 29.0 Å². The van der Waals surface area contributed by atoms with E-state index in [1.807, 2.05) is 54.6 Å². The van der Waals surface area contributed by atoms with E-state index in [1.165, 1.54) is 20.2 Å². The molecule has 0 aliphatic carbocycles. The lowest BCUT2D eigenvalue weighted by atomic mass is 10.0. The zero-order chi connectivity index (χ0) is 23.2. The highest BCUT2D eigenvalue weighted by Crippen LogP contribution is 2.28. The van der Waals surface area contributed by atoms with Crippen LogP contribution in [0.5, 0.6) is 11.5 Å². The van der Waals surface area contributed by atoms with Crippen molar-refractivity contribution in [3.8, 4) is 22.8 Å². The SMILES string of the molecule is COc1cc(C=NNC(=O)c2cc(-c3ccccc3)nc3ccccc23)ccc1OC(C)=O. The highest BCUT2D eigenvalue weighted by atomic mass is 16.6. The molecule has 0 saturated heterocycles. The van der Waals surface area contributed by atoms with Gasteiger partial charge in [-0.1, -0.05) is 48.5 Å². The molecule has 0 aliphatic heterocycles. The van der Waals surface area contributed by atoms with Crippen LogP contribution in [-0.2, 0) is 4.79 Å². The van der Waals surface area contributed by atoms with Gasteiger partial charge in [0.15, 0.2) is 11.5 Å². The van der Waals surface area contributed by atoms with Crippen molar-refractivity contribution in [2.24, 2.45) is 5.10 Å². The van der Waals surface area contributed by atoms with Crippen molar-refractivity contribution in [3.63, 3.8) is 0 Å². The lowest BCUT2D eigenvalue weighted by Crippen LogP contribution is -2.18. The Bertz CT molecular complexity index is 1350. The number of ether oxygens (including phenoxy) is 2. The molecule has 4 rings (SSSR count). The van der Waals surface area contributed by atoms with Gasteiger partial charge in [0.25, 0.3) is 5.91 Å². The van der Waals surface area contributed by atoms with Crippen molar-refractivity contribution in [1.29, 1.82) is 0 Å². The molecule has 1 aromatic heterocycles. The fraction of sp³-hybridized carbons (Fsp3) is 0.0769. The van der Waals surface area contributed by atoms with E-state index < -0.39 is 5.97 Å². The van der Waals surface area contributed by atoms with E-state index in [2.05, 4.69) is 10.5 Å². The predicted molar refractivity (Wildman–Crippen MR) is 127 cm³/mol. The van der Waals surface area contributed by atoms with Crippen LogP contribution >= 0.6 is 0 Å². The summed E-state index contributed by atoms with van der Waals surface area (Å²) in [6.07, 6.45) is 1.49. The molecule has 0 aliphatic rings. The number of fused-ring (bicyclic) bond motifs is 1. The van der Waals surface area contributed by atoms with Gasteiger partial charge in [-0.25, -0.2) is 10.4 Å². The Morgan fingerprint density at radius 1 is 0.939 bits per heavy atom. The molecular formula is C26H21N3O4. The van der Waals surface area contributed by atoms with Gasteiger partial charge in [0.1, 0.15) is 0 Å². The minimum absolute atomic E-state index is 0.308. The summed E-state index contributed by atoms with van der Waals surface area (Å²) in [7, 11) is 1.48. The number of para-hydroxylation sites is 1. The van der Waals surface area contributed by atoms with Crippen LogP contribution in [0.25, 0.3) is 22.2 Å². The van der Waals surface area contributed by atoms with Gasteiger partial charge in [0.2, 0.25) is 0 Å². The standard InChI is InChI=1S/C26H21N3O4/c1-17(30)33-24-13-12-18(14-25(24)32-2)16-27-29-26(31)21-15-23(19-8-4-3-5-9-19)28-22-11-7-6-10-20(21)22/h3-16H,1-2H3,(H,29,31). The van der Waals surface area contributed by atoms with Gasteiger partial charge in [-0.3, -0.25) is 9.59 Å². The minimum atomic E-state index is -0.443. The maximum Gasteiger partial charge on any atom is 0.308 e. The zero-order valence-corrected chi connectivity index (χ0v) is 18.1. The number of nitrogens with one attached hydrogen (secondary N) is 1. The van der Waals surface area contributed by atoms with Crippen molar-refractivity contribution < 1.29 is 19.1 Å². The second-order valence-electron chi connectivity index (χ2n) is 7.14. The Kier molecular flexibility index (Phi) is 6.40. The van der Waals surface area contributed by atoms with Crippen molar-refractivity contribution in [2.75, 3.05) is 7.11 Å². The van der Waals surface area contributed by atoms with E-state index in [1.54, 1.807) is 24.3 Å². The summed E-state index contributed by atoms with van der Waals surface area (Å²) in [6.45, 7) is 1.32. The van der Waals surface area contributed by atoms with Gasteiger partial charge in [0, 0.05) is 17.9 Å². The molecule has 164 valence electrons. The average Bonchev–Trinajstić information content (AvgIpc) is 2.84. The third-order valence-electron chi connectivity index (χ3n) is 4.85. The number of amides is 1. The summed E-state index contributed by atoms with van der Waals surface area (Å²) >= 11 is 0. The van der Waals surface area contributed by atoms with Crippen LogP contribution < -0.4 is 14.9 Å². The first kappa shape index (κ1) is 21.7. The Balaban J connectivity index is 1.59. The molecule has 0 unspecified atom stereocenters. The van der Waals surface area contributed by atoms with Gasteiger partial charge in [0.05, 0.1) is 30.1 Å². The van der Waals surface area contributed by atoms with E-state index in [9.17, 15) is 9.59 Å². The van der Waals surface area contributed by atoms with Crippen LogP contribution in [0.15, 0.2) is 84.0 Å². The number of pyridine rings is 1. The van der Waals surface area contributed by atoms with Crippen LogP contribution in [-0.4, -0.2) is 30.2 Å². The quantitative estimate of drug-likeness (QED) is 0.205. The number of nitrogens with zero attached hydrogens (tertiary/aromatic N) is 2. The van der Waals surface area contributed by atoms with E-state index >= 15 is 0 Å². The second-order valence-corrected chi connectivity index (χ2v) is 7.14. The number of benzene rings is 3. The fourth-order valence-corrected chi connectivity index (χ4v) is 3.35. The number of hydrogen-bond acceptors (Lipinski definition) is 6. The van der Waals surface area contributed by atoms with E-state index in [0.717, 1.165) is 16.5 Å². The van der Waals surface area contributed by atoms with E-state index in [4.69, 9.17) is 14.5 Å². The van der Waals surface area contributed by atoms with Gasteiger partial charge in [-0.15, -0.1) is 0 Å². The first-order valence-electron chi connectivity index (χ1n) is 10.2. The molecule has 0 radical (unpaired) electrons. The van der Waals surface area contributed by atoms with Crippen molar-refractivity contribution in [2.45, 2.75) is 6.92 Å². The van der Waals surface area contributed by atoms with Crippen LogP contribution in [0, 0.1) is 0 Å². The normalized spacial score (nSPS) is 10.8. The summed E-state index contributed by atoms with van der Waals surface area (Å²) in [5.41, 5.74) is 6.05. The molecule has 1 N–H and O–H groups in total. The molecule has 33 heavy (non-hydrogen) atoms. The van der Waals surface area contributed by atoms with Gasteiger partial charge in [-0.05, 0) is 35.9 Å². The number of rotatable bonds is 6. The Hall–Kier alpha value is -4.52.